The van der Waals surface area contributed by atoms with Crippen LogP contribution >= 0.6 is 0 Å². The fourth-order valence-corrected chi connectivity index (χ4v) is 5.18. The lowest BCUT2D eigenvalue weighted by atomic mass is 9.49. The first-order valence-corrected chi connectivity index (χ1v) is 7.43. The first-order chi connectivity index (χ1) is 8.77. The lowest BCUT2D eigenvalue weighted by Gasteiger charge is -2.55. The summed E-state index contributed by atoms with van der Waals surface area (Å²) < 4.78 is 6.02. The monoisotopic (exact) mass is 246 g/mol. The topological polar surface area (TPSA) is 52.0 Å². The molecule has 4 aliphatic rings. The van der Waals surface area contributed by atoms with Crippen LogP contribution in [-0.2, 0) is 11.8 Å². The molecule has 4 bridgehead atoms. The van der Waals surface area contributed by atoms with Gasteiger partial charge in [-0.15, -0.1) is 0 Å². The van der Waals surface area contributed by atoms with E-state index in [0.29, 0.717) is 12.0 Å². The van der Waals surface area contributed by atoms with Crippen molar-refractivity contribution in [2.75, 3.05) is 6.54 Å². The number of oxazole rings is 1. The van der Waals surface area contributed by atoms with E-state index in [1.54, 1.807) is 0 Å². The number of hydrogen-bond acceptors (Lipinski definition) is 3. The molecule has 0 aliphatic heterocycles. The highest BCUT2D eigenvalue weighted by molar-refractivity contribution is 5.16. The van der Waals surface area contributed by atoms with E-state index in [9.17, 15) is 0 Å². The van der Waals surface area contributed by atoms with E-state index < -0.39 is 0 Å². The Balaban J connectivity index is 1.66. The molecule has 0 spiro atoms. The largest absolute Gasteiger partial charge is 0.445 e. The Bertz CT molecular complexity index is 416. The van der Waals surface area contributed by atoms with Crippen molar-refractivity contribution in [3.63, 3.8) is 0 Å². The van der Waals surface area contributed by atoms with Gasteiger partial charge in [-0.2, -0.15) is 0 Å². The van der Waals surface area contributed by atoms with Crippen LogP contribution in [0, 0.1) is 17.8 Å². The third-order valence-corrected chi connectivity index (χ3v) is 5.44. The molecule has 0 saturated heterocycles. The first-order valence-electron chi connectivity index (χ1n) is 7.43. The summed E-state index contributed by atoms with van der Waals surface area (Å²) in [7, 11) is 0. The minimum Gasteiger partial charge on any atom is -0.445 e. The smallest absolute Gasteiger partial charge is 0.200 e. The van der Waals surface area contributed by atoms with Gasteiger partial charge in [0.2, 0.25) is 5.89 Å². The van der Waals surface area contributed by atoms with Gasteiger partial charge in [-0.1, -0.05) is 0 Å². The second-order valence-electron chi connectivity index (χ2n) is 6.87. The molecule has 2 N–H and O–H groups in total. The average Bonchev–Trinajstić information content (AvgIpc) is 2.77. The van der Waals surface area contributed by atoms with Crippen molar-refractivity contribution in [1.82, 2.24) is 4.98 Å². The summed E-state index contributed by atoms with van der Waals surface area (Å²) in [5.74, 6) is 4.84. The molecule has 0 amide bonds. The van der Waals surface area contributed by atoms with Crippen LogP contribution in [0.5, 0.6) is 0 Å². The third-order valence-electron chi connectivity index (χ3n) is 5.44. The maximum atomic E-state index is 6.02. The zero-order valence-electron chi connectivity index (χ0n) is 10.9. The van der Waals surface area contributed by atoms with E-state index in [2.05, 4.69) is 4.98 Å². The molecule has 0 unspecified atom stereocenters. The van der Waals surface area contributed by atoms with Crippen LogP contribution in [0.3, 0.4) is 0 Å². The highest BCUT2D eigenvalue weighted by Gasteiger charge is 2.53. The zero-order valence-corrected chi connectivity index (χ0v) is 10.9. The summed E-state index contributed by atoms with van der Waals surface area (Å²) in [6, 6.07) is 0. The molecule has 0 aromatic carbocycles. The molecule has 3 heteroatoms. The maximum absolute atomic E-state index is 6.02. The summed E-state index contributed by atoms with van der Waals surface area (Å²) in [4.78, 5) is 4.60. The lowest BCUT2D eigenvalue weighted by molar-refractivity contribution is -0.0181. The fourth-order valence-electron chi connectivity index (χ4n) is 5.18. The third kappa shape index (κ3) is 1.56. The quantitative estimate of drug-likeness (QED) is 0.892. The molecule has 4 aliphatic carbocycles. The van der Waals surface area contributed by atoms with Crippen molar-refractivity contribution < 1.29 is 4.42 Å². The van der Waals surface area contributed by atoms with E-state index in [1.165, 1.54) is 38.5 Å². The van der Waals surface area contributed by atoms with Crippen LogP contribution < -0.4 is 5.73 Å². The van der Waals surface area contributed by atoms with Crippen molar-refractivity contribution in [1.29, 1.82) is 0 Å². The lowest BCUT2D eigenvalue weighted by Crippen LogP contribution is -2.48. The molecule has 3 nitrogen and oxygen atoms in total. The number of hydrogen-bond donors (Lipinski definition) is 1. The van der Waals surface area contributed by atoms with E-state index in [1.807, 2.05) is 6.20 Å². The molecule has 18 heavy (non-hydrogen) atoms. The highest BCUT2D eigenvalue weighted by atomic mass is 16.4. The minimum atomic E-state index is 0.293. The molecule has 5 rings (SSSR count). The second kappa shape index (κ2) is 3.83. The molecule has 1 aromatic heterocycles. The Labute approximate surface area is 108 Å². The molecular weight excluding hydrogens is 224 g/mol. The molecule has 4 fully saturated rings. The van der Waals surface area contributed by atoms with E-state index >= 15 is 0 Å². The van der Waals surface area contributed by atoms with E-state index in [0.717, 1.165) is 35.8 Å². The van der Waals surface area contributed by atoms with Gasteiger partial charge in [-0.25, -0.2) is 4.98 Å². The highest BCUT2D eigenvalue weighted by Crippen LogP contribution is 2.60. The Kier molecular flexibility index (Phi) is 2.35. The van der Waals surface area contributed by atoms with E-state index in [4.69, 9.17) is 10.2 Å². The van der Waals surface area contributed by atoms with Gasteiger partial charge >= 0.3 is 0 Å². The summed E-state index contributed by atoms with van der Waals surface area (Å²) in [5, 5.41) is 0. The molecule has 0 atom stereocenters. The second-order valence-corrected chi connectivity index (χ2v) is 6.87. The fraction of sp³-hybridized carbons (Fsp3) is 0.800. The standard InChI is InChI=1S/C15H22N2O/c16-2-1-13-9-17-14(18-13)15-6-10-3-11(7-15)5-12(4-10)8-15/h9-12H,1-8,16H2. The number of aromatic nitrogens is 1. The molecule has 1 heterocycles. The minimum absolute atomic E-state index is 0.293. The van der Waals surface area contributed by atoms with Crippen molar-refractivity contribution >= 4 is 0 Å². The van der Waals surface area contributed by atoms with Gasteiger partial charge < -0.3 is 10.2 Å². The Morgan fingerprint density at radius 1 is 1.17 bits per heavy atom. The number of nitrogens with two attached hydrogens (primary N) is 1. The van der Waals surface area contributed by atoms with Gasteiger partial charge in [0, 0.05) is 11.8 Å². The number of rotatable bonds is 3. The van der Waals surface area contributed by atoms with Crippen LogP contribution in [0.4, 0.5) is 0 Å². The summed E-state index contributed by atoms with van der Waals surface area (Å²) in [6.45, 7) is 0.648. The van der Waals surface area contributed by atoms with Crippen LogP contribution in [0.2, 0.25) is 0 Å². The molecule has 4 saturated carbocycles. The SMILES string of the molecule is NCCc1cnc(C23CC4CC(CC(C4)C2)C3)o1. The average molecular weight is 246 g/mol. The molecular formula is C15H22N2O. The van der Waals surface area contributed by atoms with Crippen LogP contribution in [-0.4, -0.2) is 11.5 Å². The van der Waals surface area contributed by atoms with Gasteiger partial charge in [0.05, 0.1) is 6.20 Å². The summed E-state index contributed by atoms with van der Waals surface area (Å²) in [5.41, 5.74) is 5.88. The molecule has 1 aromatic rings. The predicted octanol–water partition coefficient (Wildman–Crippen LogP) is 2.64. The van der Waals surface area contributed by atoms with Crippen LogP contribution in [0.15, 0.2) is 10.6 Å². The molecule has 0 radical (unpaired) electrons. The van der Waals surface area contributed by atoms with Crippen LogP contribution in [0.25, 0.3) is 0 Å². The van der Waals surface area contributed by atoms with Crippen molar-refractivity contribution in [2.24, 2.45) is 23.5 Å². The van der Waals surface area contributed by atoms with Gasteiger partial charge in [-0.05, 0) is 62.8 Å². The van der Waals surface area contributed by atoms with Gasteiger partial charge in [-0.3, -0.25) is 0 Å². The Hall–Kier alpha value is -0.830. The van der Waals surface area contributed by atoms with Gasteiger partial charge in [0.15, 0.2) is 0 Å². The van der Waals surface area contributed by atoms with Crippen LogP contribution in [0.1, 0.15) is 50.2 Å². The van der Waals surface area contributed by atoms with Gasteiger partial charge in [0.25, 0.3) is 0 Å². The zero-order chi connectivity index (χ0) is 12.2. The molecule has 98 valence electrons. The van der Waals surface area contributed by atoms with Crippen molar-refractivity contribution in [2.45, 2.75) is 50.4 Å². The summed E-state index contributed by atoms with van der Waals surface area (Å²) >= 11 is 0. The maximum Gasteiger partial charge on any atom is 0.200 e. The van der Waals surface area contributed by atoms with Crippen molar-refractivity contribution in [3.05, 3.63) is 17.8 Å². The first kappa shape index (κ1) is 11.0. The van der Waals surface area contributed by atoms with Crippen molar-refractivity contribution in [3.8, 4) is 0 Å². The van der Waals surface area contributed by atoms with Gasteiger partial charge in [0.1, 0.15) is 5.76 Å². The number of nitrogens with zero attached hydrogens (tertiary/aromatic N) is 1. The Morgan fingerprint density at radius 3 is 2.33 bits per heavy atom. The Morgan fingerprint density at radius 2 is 1.78 bits per heavy atom. The summed E-state index contributed by atoms with van der Waals surface area (Å²) in [6.07, 6.45) is 11.1. The van der Waals surface area contributed by atoms with E-state index in [-0.39, 0.29) is 0 Å². The predicted molar refractivity (Wildman–Crippen MR) is 69.1 cm³/mol. The normalized spacial score (nSPS) is 41.5.